The number of Topliss-reactive ketones (excluding diaryl/α,β-unsaturated/α-hetero) is 1. The summed E-state index contributed by atoms with van der Waals surface area (Å²) in [6.45, 7) is 5.14. The smallest absolute Gasteiger partial charge is 0.321 e. The van der Waals surface area contributed by atoms with E-state index in [2.05, 4.69) is 43.5 Å². The highest BCUT2D eigenvalue weighted by atomic mass is 35.5. The van der Waals surface area contributed by atoms with Crippen LogP contribution in [0.15, 0.2) is 89.8 Å². The summed E-state index contributed by atoms with van der Waals surface area (Å²) in [5, 5.41) is 29.4. The Bertz CT molecular complexity index is 1920. The van der Waals surface area contributed by atoms with Crippen molar-refractivity contribution in [3.05, 3.63) is 111 Å². The Morgan fingerprint density at radius 2 is 1.71 bits per heavy atom. The molecule has 1 heterocycles. The number of ketones is 1. The molecule has 6 aliphatic rings. The lowest BCUT2D eigenvalue weighted by Crippen LogP contribution is -2.67. The number of thiophene rings is 1. The van der Waals surface area contributed by atoms with Crippen molar-refractivity contribution in [1.29, 1.82) is 0 Å². The van der Waals surface area contributed by atoms with E-state index in [1.165, 1.54) is 10.9 Å². The van der Waals surface area contributed by atoms with Crippen LogP contribution in [0.1, 0.15) is 69.2 Å². The van der Waals surface area contributed by atoms with Crippen molar-refractivity contribution >= 4 is 40.4 Å². The van der Waals surface area contributed by atoms with Gasteiger partial charge in [-0.1, -0.05) is 74.0 Å². The van der Waals surface area contributed by atoms with Crippen molar-refractivity contribution in [2.45, 2.75) is 83.3 Å². The zero-order valence-electron chi connectivity index (χ0n) is 29.9. The van der Waals surface area contributed by atoms with E-state index in [-0.39, 0.29) is 52.6 Å². The summed E-state index contributed by atoms with van der Waals surface area (Å²) < 4.78 is 15.2. The third-order valence-electron chi connectivity index (χ3n) is 14.4. The number of aliphatic hydroxyl groups is 2. The van der Waals surface area contributed by atoms with Gasteiger partial charge in [-0.3, -0.25) is 4.79 Å². The second-order valence-electron chi connectivity index (χ2n) is 16.7. The Balaban J connectivity index is 1.17. The third kappa shape index (κ3) is 5.38. The molecular formula is C43H48ClFN2O4S. The van der Waals surface area contributed by atoms with Crippen LogP contribution in [0.5, 0.6) is 0 Å². The Kier molecular flexibility index (Phi) is 8.88. The van der Waals surface area contributed by atoms with Crippen LogP contribution in [-0.2, 0) is 17.6 Å². The number of allylic oxidation sites excluding steroid dienone is 4. The van der Waals surface area contributed by atoms with Crippen molar-refractivity contribution in [2.75, 3.05) is 18.4 Å². The molecular weight excluding hydrogens is 695 g/mol. The fourth-order valence-corrected chi connectivity index (χ4v) is 12.5. The topological polar surface area (TPSA) is 89.9 Å². The van der Waals surface area contributed by atoms with Crippen LogP contribution >= 0.6 is 22.9 Å². The average Bonchev–Trinajstić information content (AvgIpc) is 3.74. The van der Waals surface area contributed by atoms with Crippen LogP contribution in [-0.4, -0.2) is 51.7 Å². The standard InChI is InChI=1S/C43H48ClFN2O4S/c1-39-17-13-29(48)25-41(39)20-21-43(32(26-41)35(49)24-31-33(44)11-6-12-34(31)45)36(39)14-18-40(2)37(43)15-19-42(40,51)27-47(22-16-30-10-7-23-52-30)38(50)46-28-8-4-3-5-9-28/h3-12,20-21,23,26,29,36-37,48,51H,13-19,22,24-25,27H2,1-2H3,(H,46,50). The van der Waals surface area contributed by atoms with Gasteiger partial charge in [0.2, 0.25) is 0 Å². The Labute approximate surface area is 314 Å². The van der Waals surface area contributed by atoms with E-state index >= 15 is 4.39 Å². The van der Waals surface area contributed by atoms with Gasteiger partial charge >= 0.3 is 6.03 Å². The molecule has 8 unspecified atom stereocenters. The minimum Gasteiger partial charge on any atom is -0.393 e. The number of aliphatic hydroxyl groups excluding tert-OH is 1. The van der Waals surface area contributed by atoms with E-state index in [1.54, 1.807) is 28.4 Å². The van der Waals surface area contributed by atoms with Crippen molar-refractivity contribution < 1.29 is 24.2 Å². The fourth-order valence-electron chi connectivity index (χ4n) is 11.6. The van der Waals surface area contributed by atoms with Crippen LogP contribution in [0.2, 0.25) is 5.02 Å². The predicted octanol–water partition coefficient (Wildman–Crippen LogP) is 9.02. The molecule has 3 aromatic rings. The van der Waals surface area contributed by atoms with Gasteiger partial charge in [-0.2, -0.15) is 0 Å². The number of urea groups is 1. The van der Waals surface area contributed by atoms with Crippen LogP contribution < -0.4 is 5.32 Å². The fraction of sp³-hybridized carbons (Fsp3) is 0.488. The van der Waals surface area contributed by atoms with Gasteiger partial charge in [0.25, 0.3) is 0 Å². The van der Waals surface area contributed by atoms with Gasteiger partial charge in [-0.15, -0.1) is 11.3 Å². The van der Waals surface area contributed by atoms with E-state index < -0.39 is 33.8 Å². The number of nitrogens with zero attached hydrogens (tertiary/aromatic N) is 1. The largest absolute Gasteiger partial charge is 0.393 e. The van der Waals surface area contributed by atoms with Gasteiger partial charge in [0.15, 0.2) is 5.78 Å². The summed E-state index contributed by atoms with van der Waals surface area (Å²) in [4.78, 5) is 31.7. The number of nitrogens with one attached hydrogen (secondary N) is 1. The van der Waals surface area contributed by atoms with Crippen LogP contribution in [0.4, 0.5) is 14.9 Å². The molecule has 9 rings (SSSR count). The number of halogens is 2. The first-order chi connectivity index (χ1) is 24.8. The molecule has 9 heteroatoms. The highest BCUT2D eigenvalue weighted by molar-refractivity contribution is 7.09. The maximum atomic E-state index is 15.2. The normalized spacial score (nSPS) is 35.7. The zero-order chi connectivity index (χ0) is 36.5. The molecule has 3 fully saturated rings. The first kappa shape index (κ1) is 35.7. The van der Waals surface area contributed by atoms with Crippen molar-refractivity contribution in [3.8, 4) is 0 Å². The van der Waals surface area contributed by atoms with Gasteiger partial charge in [0.05, 0.1) is 18.2 Å². The molecule has 2 spiro atoms. The molecule has 0 saturated heterocycles. The molecule has 2 amide bonds. The Morgan fingerprint density at radius 3 is 2.46 bits per heavy atom. The summed E-state index contributed by atoms with van der Waals surface area (Å²) in [6.07, 6.45) is 11.6. The number of amides is 2. The number of anilines is 1. The van der Waals surface area contributed by atoms with Crippen molar-refractivity contribution in [2.24, 2.45) is 33.5 Å². The quantitative estimate of drug-likeness (QED) is 0.191. The number of fused-ring (bicyclic) bond motifs is 1. The molecule has 1 aromatic heterocycles. The Hall–Kier alpha value is -3.30. The van der Waals surface area contributed by atoms with E-state index in [0.717, 1.165) is 19.3 Å². The number of hydrogen-bond acceptors (Lipinski definition) is 5. The van der Waals surface area contributed by atoms with Crippen LogP contribution in [0.25, 0.3) is 0 Å². The van der Waals surface area contributed by atoms with E-state index in [0.29, 0.717) is 49.9 Å². The average molecular weight is 743 g/mol. The van der Waals surface area contributed by atoms with E-state index in [4.69, 9.17) is 11.6 Å². The highest BCUT2D eigenvalue weighted by Crippen LogP contribution is 2.78. The number of carbonyl (C=O) groups excluding carboxylic acids is 2. The van der Waals surface area contributed by atoms with E-state index in [9.17, 15) is 19.8 Å². The molecule has 0 aliphatic heterocycles. The lowest BCUT2D eigenvalue weighted by atomic mass is 9.32. The second-order valence-corrected chi connectivity index (χ2v) is 18.1. The molecule has 274 valence electrons. The summed E-state index contributed by atoms with van der Waals surface area (Å²) in [6, 6.07) is 17.8. The molecule has 52 heavy (non-hydrogen) atoms. The summed E-state index contributed by atoms with van der Waals surface area (Å²) >= 11 is 8.14. The van der Waals surface area contributed by atoms with Gasteiger partial charge in [-0.05, 0) is 104 Å². The van der Waals surface area contributed by atoms with Crippen molar-refractivity contribution in [3.63, 3.8) is 0 Å². The SMILES string of the molecule is CC12CCC(O)CC13C=CC1(C(C(=O)Cc4c(F)cccc4Cl)=C3)C2CCC2(C)C1CCC2(O)CN(CCc1cccs1)C(=O)Nc1ccccc1. The number of rotatable bonds is 9. The summed E-state index contributed by atoms with van der Waals surface area (Å²) in [7, 11) is 0. The van der Waals surface area contributed by atoms with E-state index in [1.807, 2.05) is 41.8 Å². The second kappa shape index (κ2) is 12.9. The molecule has 3 saturated carbocycles. The lowest BCUT2D eigenvalue weighted by Gasteiger charge is -2.71. The highest BCUT2D eigenvalue weighted by Gasteiger charge is 2.74. The maximum Gasteiger partial charge on any atom is 0.321 e. The monoisotopic (exact) mass is 742 g/mol. The number of benzene rings is 2. The first-order valence-electron chi connectivity index (χ1n) is 18.8. The van der Waals surface area contributed by atoms with Crippen molar-refractivity contribution in [1.82, 2.24) is 4.90 Å². The van der Waals surface area contributed by atoms with Gasteiger partial charge in [0.1, 0.15) is 5.82 Å². The molecule has 2 bridgehead atoms. The lowest BCUT2D eigenvalue weighted by molar-refractivity contribution is -0.177. The molecule has 8 atom stereocenters. The minimum absolute atomic E-state index is 0.0930. The number of para-hydroxylation sites is 1. The van der Waals surface area contributed by atoms with Crippen LogP contribution in [0, 0.1) is 39.3 Å². The molecule has 3 N–H and O–H groups in total. The van der Waals surface area contributed by atoms with Gasteiger partial charge < -0.3 is 20.4 Å². The maximum absolute atomic E-state index is 15.2. The number of hydrogen-bond donors (Lipinski definition) is 3. The van der Waals surface area contributed by atoms with Gasteiger partial charge in [-0.25, -0.2) is 9.18 Å². The summed E-state index contributed by atoms with van der Waals surface area (Å²) in [5.41, 5.74) is -1.62. The molecule has 2 aromatic carbocycles. The zero-order valence-corrected chi connectivity index (χ0v) is 31.5. The number of carbonyl (C=O) groups is 2. The third-order valence-corrected chi connectivity index (χ3v) is 15.7. The predicted molar refractivity (Wildman–Crippen MR) is 204 cm³/mol. The first-order valence-corrected chi connectivity index (χ1v) is 20.0. The van der Waals surface area contributed by atoms with Gasteiger partial charge in [0, 0.05) is 55.9 Å². The van der Waals surface area contributed by atoms with Crippen LogP contribution in [0.3, 0.4) is 0 Å². The molecule has 6 nitrogen and oxygen atoms in total. The summed E-state index contributed by atoms with van der Waals surface area (Å²) in [5.74, 6) is -0.635. The molecule has 6 aliphatic carbocycles. The minimum atomic E-state index is -1.21. The molecule has 0 radical (unpaired) electrons. The Morgan fingerprint density at radius 1 is 0.962 bits per heavy atom.